The van der Waals surface area contributed by atoms with E-state index in [0.29, 0.717) is 5.15 Å². The van der Waals surface area contributed by atoms with Crippen LogP contribution in [-0.4, -0.2) is 27.9 Å². The first-order valence-electron chi connectivity index (χ1n) is 12.9. The van der Waals surface area contributed by atoms with Gasteiger partial charge in [-0.1, -0.05) is 103 Å². The topological polar surface area (TPSA) is 36.3 Å². The predicted molar refractivity (Wildman–Crippen MR) is 155 cm³/mol. The molecule has 0 atom stereocenters. The molecule has 0 aliphatic carbocycles. The summed E-state index contributed by atoms with van der Waals surface area (Å²) < 4.78 is 15.4. The molecule has 1 fully saturated rings. The van der Waals surface area contributed by atoms with E-state index in [1.165, 1.54) is 0 Å². The van der Waals surface area contributed by atoms with Gasteiger partial charge < -0.3 is 13.9 Å². The number of rotatable bonds is 5. The number of aromatic nitrogens is 2. The third-order valence-corrected chi connectivity index (χ3v) is 8.43. The lowest BCUT2D eigenvalue weighted by molar-refractivity contribution is 0.00578. The van der Waals surface area contributed by atoms with Gasteiger partial charge in [-0.3, -0.25) is 0 Å². The first-order valence-corrected chi connectivity index (χ1v) is 13.3. The van der Waals surface area contributed by atoms with Crippen LogP contribution in [0.3, 0.4) is 0 Å². The molecule has 4 nitrogen and oxygen atoms in total. The van der Waals surface area contributed by atoms with Crippen LogP contribution in [0.25, 0.3) is 10.9 Å². The Balaban J connectivity index is 1.73. The van der Waals surface area contributed by atoms with Crippen molar-refractivity contribution in [2.24, 2.45) is 0 Å². The predicted octanol–water partition coefficient (Wildman–Crippen LogP) is 6.83. The van der Waals surface area contributed by atoms with Crippen LogP contribution in [0.5, 0.6) is 0 Å². The molecular formula is C32H30BClN2O2. The van der Waals surface area contributed by atoms with Crippen molar-refractivity contribution < 1.29 is 9.31 Å². The van der Waals surface area contributed by atoms with Crippen LogP contribution in [0.4, 0.5) is 0 Å². The second-order valence-electron chi connectivity index (χ2n) is 10.8. The second kappa shape index (κ2) is 9.13. The fourth-order valence-corrected chi connectivity index (χ4v) is 5.81. The molecule has 0 radical (unpaired) electrons. The molecular weight excluding hydrogens is 491 g/mol. The highest BCUT2D eigenvalue weighted by Crippen LogP contribution is 2.44. The Hall–Kier alpha value is -3.38. The monoisotopic (exact) mass is 520 g/mol. The Morgan fingerprint density at radius 3 is 1.61 bits per heavy atom. The van der Waals surface area contributed by atoms with Crippen molar-refractivity contribution in [2.45, 2.75) is 44.4 Å². The van der Waals surface area contributed by atoms with Crippen LogP contribution in [0, 0.1) is 0 Å². The largest absolute Gasteiger partial charge is 0.497 e. The Kier molecular flexibility index (Phi) is 5.99. The Bertz CT molecular complexity index is 1470. The minimum absolute atomic E-state index is 0.425. The molecule has 6 heteroatoms. The number of pyridine rings is 1. The molecule has 2 aromatic heterocycles. The number of nitrogens with zero attached hydrogens (tertiary/aromatic N) is 2. The molecule has 0 unspecified atom stereocenters. The molecule has 6 rings (SSSR count). The molecule has 0 N–H and O–H groups in total. The first-order chi connectivity index (χ1) is 18.3. The maximum atomic E-state index is 6.85. The van der Waals surface area contributed by atoms with Gasteiger partial charge >= 0.3 is 7.12 Å². The normalized spacial score (nSPS) is 16.7. The van der Waals surface area contributed by atoms with Gasteiger partial charge in [0.05, 0.1) is 16.7 Å². The van der Waals surface area contributed by atoms with Crippen molar-refractivity contribution in [3.63, 3.8) is 0 Å². The van der Waals surface area contributed by atoms with Crippen LogP contribution in [0.15, 0.2) is 109 Å². The van der Waals surface area contributed by atoms with E-state index < -0.39 is 23.9 Å². The van der Waals surface area contributed by atoms with Gasteiger partial charge in [-0.05, 0) is 50.5 Å². The third-order valence-electron chi connectivity index (χ3n) is 8.14. The van der Waals surface area contributed by atoms with Gasteiger partial charge in [-0.25, -0.2) is 4.98 Å². The van der Waals surface area contributed by atoms with Crippen molar-refractivity contribution in [3.05, 3.63) is 131 Å². The summed E-state index contributed by atoms with van der Waals surface area (Å²) >= 11 is 6.85. The summed E-state index contributed by atoms with van der Waals surface area (Å²) in [6.45, 7) is 8.25. The van der Waals surface area contributed by atoms with E-state index in [1.54, 1.807) is 6.20 Å². The molecule has 0 bridgehead atoms. The summed E-state index contributed by atoms with van der Waals surface area (Å²) in [5.74, 6) is 0. The molecule has 190 valence electrons. The zero-order chi connectivity index (χ0) is 26.5. The minimum atomic E-state index is -0.700. The standard InChI is InChI=1S/C32H30BClN2O2/c1-30(2)31(3,4)38-33(37-30)26-22-36(27-20-21-35-29(34)28(26)27)32(23-14-8-5-9-15-23,24-16-10-6-11-17-24)25-18-12-7-13-19-25/h5-22H,1-4H3. The van der Waals surface area contributed by atoms with E-state index in [4.69, 9.17) is 20.9 Å². The van der Waals surface area contributed by atoms with E-state index in [-0.39, 0.29) is 0 Å². The average molecular weight is 521 g/mol. The van der Waals surface area contributed by atoms with Gasteiger partial charge in [0.15, 0.2) is 0 Å². The fourth-order valence-electron chi connectivity index (χ4n) is 5.55. The van der Waals surface area contributed by atoms with Crippen molar-refractivity contribution >= 4 is 35.1 Å². The summed E-state index contributed by atoms with van der Waals surface area (Å²) in [5, 5.41) is 1.26. The number of benzene rings is 3. The van der Waals surface area contributed by atoms with Crippen molar-refractivity contribution in [3.8, 4) is 0 Å². The van der Waals surface area contributed by atoms with Crippen molar-refractivity contribution in [2.75, 3.05) is 0 Å². The van der Waals surface area contributed by atoms with Gasteiger partial charge in [0.1, 0.15) is 10.7 Å². The Labute approximate surface area is 229 Å². The van der Waals surface area contributed by atoms with E-state index in [1.807, 2.05) is 6.07 Å². The molecule has 1 saturated heterocycles. The van der Waals surface area contributed by atoms with Gasteiger partial charge in [-0.2, -0.15) is 0 Å². The summed E-state index contributed by atoms with van der Waals surface area (Å²) in [7, 11) is -0.592. The SMILES string of the molecule is CC1(C)OB(c2cn(C(c3ccccc3)(c3ccccc3)c3ccccc3)c3ccnc(Cl)c23)OC1(C)C. The van der Waals surface area contributed by atoms with Crippen molar-refractivity contribution in [1.29, 1.82) is 0 Å². The minimum Gasteiger partial charge on any atom is -0.399 e. The van der Waals surface area contributed by atoms with Crippen LogP contribution in [0.2, 0.25) is 5.15 Å². The average Bonchev–Trinajstić information content (AvgIpc) is 3.41. The fraction of sp³-hybridized carbons (Fsp3) is 0.219. The molecule has 38 heavy (non-hydrogen) atoms. The molecule has 5 aromatic rings. The molecule has 1 aliphatic heterocycles. The smallest absolute Gasteiger partial charge is 0.399 e. The molecule has 1 aliphatic rings. The van der Waals surface area contributed by atoms with Gasteiger partial charge in [0.25, 0.3) is 0 Å². The number of fused-ring (bicyclic) bond motifs is 1. The van der Waals surface area contributed by atoms with E-state index in [9.17, 15) is 0 Å². The Morgan fingerprint density at radius 1 is 0.711 bits per heavy atom. The third kappa shape index (κ3) is 3.72. The van der Waals surface area contributed by atoms with Crippen LogP contribution >= 0.6 is 11.6 Å². The van der Waals surface area contributed by atoms with E-state index in [0.717, 1.165) is 33.1 Å². The first kappa shape index (κ1) is 24.9. The van der Waals surface area contributed by atoms with E-state index >= 15 is 0 Å². The maximum Gasteiger partial charge on any atom is 0.497 e. The van der Waals surface area contributed by atoms with E-state index in [2.05, 4.69) is 134 Å². The summed E-state index contributed by atoms with van der Waals surface area (Å²) in [5.41, 5.74) is 3.52. The summed E-state index contributed by atoms with van der Waals surface area (Å²) in [6, 6.07) is 33.8. The zero-order valence-corrected chi connectivity index (χ0v) is 22.8. The molecule has 0 saturated carbocycles. The van der Waals surface area contributed by atoms with Crippen LogP contribution < -0.4 is 5.46 Å². The molecule has 3 aromatic carbocycles. The number of halogens is 1. The molecule has 3 heterocycles. The Morgan fingerprint density at radius 2 is 1.16 bits per heavy atom. The molecule has 0 amide bonds. The lowest BCUT2D eigenvalue weighted by Gasteiger charge is -2.38. The maximum absolute atomic E-state index is 6.85. The van der Waals surface area contributed by atoms with Crippen molar-refractivity contribution in [1.82, 2.24) is 9.55 Å². The van der Waals surface area contributed by atoms with Gasteiger partial charge in [0, 0.05) is 23.2 Å². The van der Waals surface area contributed by atoms with Gasteiger partial charge in [-0.15, -0.1) is 0 Å². The highest BCUT2D eigenvalue weighted by Gasteiger charge is 2.53. The summed E-state index contributed by atoms with van der Waals surface area (Å²) in [6.07, 6.45) is 3.91. The van der Waals surface area contributed by atoms with Crippen LogP contribution in [0.1, 0.15) is 44.4 Å². The lowest BCUT2D eigenvalue weighted by Crippen LogP contribution is -2.41. The number of hydrogen-bond donors (Lipinski definition) is 0. The van der Waals surface area contributed by atoms with Gasteiger partial charge in [0.2, 0.25) is 0 Å². The highest BCUT2D eigenvalue weighted by molar-refractivity contribution is 6.66. The highest BCUT2D eigenvalue weighted by atomic mass is 35.5. The number of hydrogen-bond acceptors (Lipinski definition) is 3. The van der Waals surface area contributed by atoms with Crippen LogP contribution in [-0.2, 0) is 14.8 Å². The molecule has 0 spiro atoms. The second-order valence-corrected chi connectivity index (χ2v) is 11.2. The lowest BCUT2D eigenvalue weighted by atomic mass is 9.76. The zero-order valence-electron chi connectivity index (χ0n) is 22.1. The summed E-state index contributed by atoms with van der Waals surface area (Å²) in [4.78, 5) is 4.47. The quantitative estimate of drug-likeness (QED) is 0.145.